The van der Waals surface area contributed by atoms with Crippen molar-refractivity contribution in [1.29, 1.82) is 0 Å². The smallest absolute Gasteiger partial charge is 0.308 e. The van der Waals surface area contributed by atoms with Gasteiger partial charge in [-0.25, -0.2) is 4.99 Å². The lowest BCUT2D eigenvalue weighted by molar-refractivity contribution is -0.990. The highest BCUT2D eigenvalue weighted by atomic mass is 19.2. The number of rotatable bonds is 2. The van der Waals surface area contributed by atoms with Gasteiger partial charge in [0.2, 0.25) is 0 Å². The number of halogens is 1. The maximum absolute atomic E-state index is 14.4. The molecule has 0 bridgehead atoms. The van der Waals surface area contributed by atoms with Crippen LogP contribution in [0.25, 0.3) is 0 Å². The van der Waals surface area contributed by atoms with E-state index in [-0.39, 0.29) is 0 Å². The minimum atomic E-state index is -0.403. The van der Waals surface area contributed by atoms with Gasteiger partial charge in [-0.1, -0.05) is 11.6 Å². The summed E-state index contributed by atoms with van der Waals surface area (Å²) < 4.78 is 14.0. The lowest BCUT2D eigenvalue weighted by Gasteiger charge is -2.39. The molecule has 14 heavy (non-hydrogen) atoms. The summed E-state index contributed by atoms with van der Waals surface area (Å²) in [5, 5.41) is 0. The van der Waals surface area contributed by atoms with Crippen molar-refractivity contribution >= 4 is 5.96 Å². The Labute approximate surface area is 84.7 Å². The molecule has 0 saturated carbocycles. The van der Waals surface area contributed by atoms with Gasteiger partial charge in [-0.3, -0.25) is 0 Å². The van der Waals surface area contributed by atoms with Gasteiger partial charge in [0.15, 0.2) is 0 Å². The van der Waals surface area contributed by atoms with E-state index in [9.17, 15) is 4.48 Å². The molecule has 80 valence electrons. The van der Waals surface area contributed by atoms with Crippen molar-refractivity contribution in [2.24, 2.45) is 4.99 Å². The second-order valence-electron chi connectivity index (χ2n) is 4.19. The summed E-state index contributed by atoms with van der Waals surface area (Å²) in [7, 11) is 0. The third-order valence-electron chi connectivity index (χ3n) is 3.00. The van der Waals surface area contributed by atoms with Crippen molar-refractivity contribution in [3.05, 3.63) is 0 Å². The molecule has 2 aliphatic rings. The molecule has 2 rings (SSSR count). The first-order chi connectivity index (χ1) is 6.76. The molecular weight excluding hydrogens is 181 g/mol. The number of guanidine groups is 1. The van der Waals surface area contributed by atoms with Gasteiger partial charge in [-0.2, -0.15) is 0 Å². The topological polar surface area (TPSA) is 15.6 Å². The van der Waals surface area contributed by atoms with Crippen molar-refractivity contribution in [3.63, 3.8) is 0 Å². The fraction of sp³-hybridized carbons (Fsp3) is 0.900. The van der Waals surface area contributed by atoms with Gasteiger partial charge in [-0.15, -0.1) is 0 Å². The maximum atomic E-state index is 14.4. The van der Waals surface area contributed by atoms with Crippen LogP contribution in [0.2, 0.25) is 0 Å². The summed E-state index contributed by atoms with van der Waals surface area (Å²) in [5.41, 5.74) is 0. The molecule has 0 aliphatic carbocycles. The number of hydrogen-bond acceptors (Lipinski definition) is 2. The van der Waals surface area contributed by atoms with Crippen LogP contribution >= 0.6 is 0 Å². The molecule has 1 unspecified atom stereocenters. The van der Waals surface area contributed by atoms with Gasteiger partial charge in [0.05, 0.1) is 6.54 Å². The Bertz CT molecular complexity index is 240. The van der Waals surface area contributed by atoms with Crippen LogP contribution in [-0.4, -0.2) is 48.3 Å². The standard InChI is InChI=1S/C10H19FN3/c1-2-6-13-7-4-9-14(11)8-3-5-12-10(13)14/h2-9H2,1H3/q+1. The zero-order valence-electron chi connectivity index (χ0n) is 8.88. The molecule has 0 N–H and O–H groups in total. The lowest BCUT2D eigenvalue weighted by atomic mass is 10.2. The number of nitrogens with zero attached hydrogens (tertiary/aromatic N) is 3. The largest absolute Gasteiger partial charge is 0.339 e. The lowest BCUT2D eigenvalue weighted by Crippen LogP contribution is -2.60. The molecule has 0 aromatic rings. The van der Waals surface area contributed by atoms with Crippen molar-refractivity contribution in [2.45, 2.75) is 26.2 Å². The Kier molecular flexibility index (Phi) is 2.72. The van der Waals surface area contributed by atoms with Crippen molar-refractivity contribution in [3.8, 4) is 0 Å². The van der Waals surface area contributed by atoms with Crippen molar-refractivity contribution in [2.75, 3.05) is 32.7 Å². The summed E-state index contributed by atoms with van der Waals surface area (Å²) in [6.45, 7) is 6.11. The van der Waals surface area contributed by atoms with E-state index in [0.717, 1.165) is 38.9 Å². The molecule has 3 nitrogen and oxygen atoms in total. The number of aliphatic imine (C=N–C) groups is 1. The first kappa shape index (κ1) is 9.90. The van der Waals surface area contributed by atoms with Gasteiger partial charge >= 0.3 is 5.96 Å². The van der Waals surface area contributed by atoms with Crippen LogP contribution in [0.5, 0.6) is 0 Å². The number of fused-ring (bicyclic) bond motifs is 1. The van der Waals surface area contributed by atoms with Crippen LogP contribution in [0, 0.1) is 0 Å². The Balaban J connectivity index is 2.17. The number of hydrogen-bond donors (Lipinski definition) is 0. The van der Waals surface area contributed by atoms with E-state index in [1.807, 2.05) is 0 Å². The molecule has 2 aliphatic heterocycles. The highest BCUT2D eigenvalue weighted by molar-refractivity contribution is 5.73. The van der Waals surface area contributed by atoms with Crippen molar-refractivity contribution in [1.82, 2.24) is 4.90 Å². The fourth-order valence-corrected chi connectivity index (χ4v) is 2.39. The van der Waals surface area contributed by atoms with Crippen LogP contribution in [0.4, 0.5) is 4.48 Å². The highest BCUT2D eigenvalue weighted by Gasteiger charge is 2.44. The minimum Gasteiger partial charge on any atom is -0.308 e. The molecule has 4 heteroatoms. The van der Waals surface area contributed by atoms with E-state index < -0.39 is 4.71 Å². The zero-order chi connectivity index (χ0) is 10.0. The zero-order valence-corrected chi connectivity index (χ0v) is 8.88. The van der Waals surface area contributed by atoms with E-state index >= 15 is 0 Å². The predicted octanol–water partition coefficient (Wildman–Crippen LogP) is 1.56. The average Bonchev–Trinajstić information content (AvgIpc) is 2.18. The van der Waals surface area contributed by atoms with E-state index in [0.29, 0.717) is 19.0 Å². The van der Waals surface area contributed by atoms with Crippen LogP contribution in [0.1, 0.15) is 26.2 Å². The fourth-order valence-electron chi connectivity index (χ4n) is 2.39. The molecule has 2 heterocycles. The second kappa shape index (κ2) is 3.85. The molecule has 0 radical (unpaired) electrons. The van der Waals surface area contributed by atoms with Gasteiger partial charge in [0.1, 0.15) is 13.1 Å². The van der Waals surface area contributed by atoms with Gasteiger partial charge < -0.3 is 4.90 Å². The maximum Gasteiger partial charge on any atom is 0.339 e. The average molecular weight is 200 g/mol. The van der Waals surface area contributed by atoms with Gasteiger partial charge in [0.25, 0.3) is 0 Å². The van der Waals surface area contributed by atoms with Crippen LogP contribution in [0.3, 0.4) is 0 Å². The Morgan fingerprint density at radius 1 is 1.43 bits per heavy atom. The summed E-state index contributed by atoms with van der Waals surface area (Å²) in [5.74, 6) is 0.698. The predicted molar refractivity (Wildman–Crippen MR) is 54.5 cm³/mol. The molecular formula is C10H19FN3+. The van der Waals surface area contributed by atoms with E-state index in [4.69, 9.17) is 0 Å². The van der Waals surface area contributed by atoms with E-state index in [2.05, 4.69) is 16.8 Å². The molecule has 1 atom stereocenters. The number of quaternary nitrogens is 1. The molecule has 1 fully saturated rings. The first-order valence-corrected chi connectivity index (χ1v) is 5.63. The third-order valence-corrected chi connectivity index (χ3v) is 3.00. The normalized spacial score (nSPS) is 32.4. The van der Waals surface area contributed by atoms with Crippen LogP contribution in [-0.2, 0) is 0 Å². The third kappa shape index (κ3) is 1.63. The van der Waals surface area contributed by atoms with Crippen LogP contribution in [0.15, 0.2) is 4.99 Å². The quantitative estimate of drug-likeness (QED) is 0.618. The summed E-state index contributed by atoms with van der Waals surface area (Å²) in [6.07, 6.45) is 2.91. The van der Waals surface area contributed by atoms with Crippen LogP contribution < -0.4 is 0 Å². The molecule has 0 spiro atoms. The molecule has 1 saturated heterocycles. The SMILES string of the molecule is CCCN1CCC[N+]2(F)CCCN=C12. The van der Waals surface area contributed by atoms with Gasteiger partial charge in [0, 0.05) is 30.4 Å². The first-order valence-electron chi connectivity index (χ1n) is 5.63. The monoisotopic (exact) mass is 200 g/mol. The highest BCUT2D eigenvalue weighted by Crippen LogP contribution is 2.24. The Morgan fingerprint density at radius 3 is 3.00 bits per heavy atom. The Morgan fingerprint density at radius 2 is 2.21 bits per heavy atom. The molecule has 0 amide bonds. The Hall–Kier alpha value is -0.640. The molecule has 0 aromatic carbocycles. The minimum absolute atomic E-state index is 0.403. The van der Waals surface area contributed by atoms with E-state index in [1.54, 1.807) is 0 Å². The summed E-state index contributed by atoms with van der Waals surface area (Å²) in [4.78, 5) is 6.49. The summed E-state index contributed by atoms with van der Waals surface area (Å²) >= 11 is 0. The second-order valence-corrected chi connectivity index (χ2v) is 4.19. The summed E-state index contributed by atoms with van der Waals surface area (Å²) in [6, 6.07) is 0. The van der Waals surface area contributed by atoms with Gasteiger partial charge in [-0.05, 0) is 6.42 Å². The van der Waals surface area contributed by atoms with Crippen molar-refractivity contribution < 1.29 is 9.19 Å². The van der Waals surface area contributed by atoms with E-state index in [1.165, 1.54) is 0 Å². The molecule has 0 aromatic heterocycles.